The molecule has 2 rings (SSSR count). The Bertz CT molecular complexity index is 239. The summed E-state index contributed by atoms with van der Waals surface area (Å²) in [5.74, 6) is 0.777. The van der Waals surface area contributed by atoms with Crippen LogP contribution in [-0.4, -0.2) is 26.2 Å². The molecule has 1 fully saturated rings. The predicted octanol–water partition coefficient (Wildman–Crippen LogP) is -0.538. The first-order chi connectivity index (χ1) is 5.34. The largest absolute Gasteiger partial charge is 0.307 e. The summed E-state index contributed by atoms with van der Waals surface area (Å²) in [6.07, 6.45) is 2.58. The molecule has 1 aliphatic carbocycles. The van der Waals surface area contributed by atoms with E-state index in [-0.39, 0.29) is 0 Å². The third-order valence-electron chi connectivity index (χ3n) is 1.68. The van der Waals surface area contributed by atoms with Gasteiger partial charge in [-0.05, 0) is 18.1 Å². The number of hydrogen-bond acceptors (Lipinski definition) is 4. The summed E-state index contributed by atoms with van der Waals surface area (Å²) in [7, 11) is 1.77. The lowest BCUT2D eigenvalue weighted by molar-refractivity contribution is 0.618. The Morgan fingerprint density at radius 3 is 3.00 bits per heavy atom. The molecule has 1 saturated carbocycles. The number of rotatable bonds is 3. The lowest BCUT2D eigenvalue weighted by atomic mass is 10.5. The van der Waals surface area contributed by atoms with Crippen LogP contribution in [0.25, 0.3) is 0 Å². The summed E-state index contributed by atoms with van der Waals surface area (Å²) >= 11 is 0. The Balaban J connectivity index is 1.85. The first-order valence-corrected chi connectivity index (χ1v) is 3.81. The summed E-state index contributed by atoms with van der Waals surface area (Å²) in [5, 5.41) is 14.9. The molecule has 0 amide bonds. The van der Waals surface area contributed by atoms with Gasteiger partial charge in [0, 0.05) is 6.04 Å². The topological polar surface area (TPSA) is 55.6 Å². The average molecular weight is 153 g/mol. The second-order valence-corrected chi connectivity index (χ2v) is 2.85. The van der Waals surface area contributed by atoms with Gasteiger partial charge in [-0.3, -0.25) is 0 Å². The van der Waals surface area contributed by atoms with Crippen molar-refractivity contribution < 1.29 is 0 Å². The lowest BCUT2D eigenvalue weighted by Crippen LogP contribution is -2.16. The van der Waals surface area contributed by atoms with E-state index in [4.69, 9.17) is 0 Å². The van der Waals surface area contributed by atoms with E-state index < -0.39 is 0 Å². The third-order valence-corrected chi connectivity index (χ3v) is 1.68. The zero-order valence-corrected chi connectivity index (χ0v) is 6.49. The maximum Gasteiger partial charge on any atom is 0.188 e. The van der Waals surface area contributed by atoms with Gasteiger partial charge >= 0.3 is 0 Å². The van der Waals surface area contributed by atoms with Gasteiger partial charge in [0.25, 0.3) is 0 Å². The van der Waals surface area contributed by atoms with Gasteiger partial charge < -0.3 is 5.32 Å². The molecule has 0 aromatic carbocycles. The summed E-state index contributed by atoms with van der Waals surface area (Å²) < 4.78 is 0. The normalized spacial score (nSPS) is 17.2. The summed E-state index contributed by atoms with van der Waals surface area (Å²) in [6, 6.07) is 0.707. The van der Waals surface area contributed by atoms with E-state index in [0.29, 0.717) is 6.04 Å². The van der Waals surface area contributed by atoms with Gasteiger partial charge in [0.1, 0.15) is 0 Å². The third kappa shape index (κ3) is 1.74. The molecule has 0 bridgehead atoms. The van der Waals surface area contributed by atoms with Crippen molar-refractivity contribution in [3.63, 3.8) is 0 Å². The maximum atomic E-state index is 4.04. The van der Waals surface area contributed by atoms with Crippen molar-refractivity contribution in [1.82, 2.24) is 25.5 Å². The molecule has 1 aliphatic rings. The average Bonchev–Trinajstić information content (AvgIpc) is 2.72. The van der Waals surface area contributed by atoms with Crippen molar-refractivity contribution in [2.24, 2.45) is 7.05 Å². The highest BCUT2D eigenvalue weighted by Gasteiger charge is 2.20. The number of nitrogens with one attached hydrogen (secondary N) is 1. The Hall–Kier alpha value is -0.970. The molecule has 0 unspecified atom stereocenters. The molecule has 0 saturated heterocycles. The standard InChI is InChI=1S/C6H11N5/c1-11-9-6(8-10-11)4-7-5-2-3-5/h5,7H,2-4H2,1H3. The smallest absolute Gasteiger partial charge is 0.188 e. The van der Waals surface area contributed by atoms with E-state index in [1.807, 2.05) is 0 Å². The molecule has 1 aromatic rings. The number of hydrogen-bond donors (Lipinski definition) is 1. The highest BCUT2D eigenvalue weighted by Crippen LogP contribution is 2.18. The van der Waals surface area contributed by atoms with Crippen LogP contribution >= 0.6 is 0 Å². The Morgan fingerprint density at radius 1 is 1.64 bits per heavy atom. The zero-order chi connectivity index (χ0) is 7.68. The van der Waals surface area contributed by atoms with Crippen molar-refractivity contribution >= 4 is 0 Å². The van der Waals surface area contributed by atoms with Crippen LogP contribution in [-0.2, 0) is 13.6 Å². The molecule has 0 aliphatic heterocycles. The molecule has 1 aromatic heterocycles. The second kappa shape index (κ2) is 2.58. The van der Waals surface area contributed by atoms with E-state index >= 15 is 0 Å². The molecule has 1 heterocycles. The molecule has 1 N–H and O–H groups in total. The minimum absolute atomic E-state index is 0.707. The fraction of sp³-hybridized carbons (Fsp3) is 0.833. The van der Waals surface area contributed by atoms with Crippen LogP contribution in [0.2, 0.25) is 0 Å². The van der Waals surface area contributed by atoms with Crippen molar-refractivity contribution in [3.05, 3.63) is 5.82 Å². The van der Waals surface area contributed by atoms with Crippen LogP contribution in [0.3, 0.4) is 0 Å². The number of nitrogens with zero attached hydrogens (tertiary/aromatic N) is 4. The van der Waals surface area contributed by atoms with Crippen molar-refractivity contribution in [3.8, 4) is 0 Å². The molecule has 0 spiro atoms. The van der Waals surface area contributed by atoms with E-state index in [9.17, 15) is 0 Å². The van der Waals surface area contributed by atoms with Gasteiger partial charge in [-0.2, -0.15) is 4.80 Å². The Morgan fingerprint density at radius 2 is 2.45 bits per heavy atom. The van der Waals surface area contributed by atoms with Crippen molar-refractivity contribution in [1.29, 1.82) is 0 Å². The van der Waals surface area contributed by atoms with Crippen LogP contribution < -0.4 is 5.32 Å². The zero-order valence-electron chi connectivity index (χ0n) is 6.49. The molecule has 0 atom stereocenters. The van der Waals surface area contributed by atoms with Crippen LogP contribution in [0.5, 0.6) is 0 Å². The van der Waals surface area contributed by atoms with E-state index in [0.717, 1.165) is 12.4 Å². The molecule has 5 heteroatoms. The summed E-state index contributed by atoms with van der Waals surface area (Å²) in [4.78, 5) is 1.48. The number of aromatic nitrogens is 4. The maximum absolute atomic E-state index is 4.04. The Labute approximate surface area is 64.8 Å². The molecule has 5 nitrogen and oxygen atoms in total. The minimum atomic E-state index is 0.707. The van der Waals surface area contributed by atoms with Crippen LogP contribution in [0.1, 0.15) is 18.7 Å². The van der Waals surface area contributed by atoms with Gasteiger partial charge in [-0.1, -0.05) is 0 Å². The lowest BCUT2D eigenvalue weighted by Gasteiger charge is -1.94. The first kappa shape index (κ1) is 6.72. The highest BCUT2D eigenvalue weighted by molar-refractivity contribution is 4.84. The fourth-order valence-corrected chi connectivity index (χ4v) is 0.917. The van der Waals surface area contributed by atoms with Crippen LogP contribution in [0, 0.1) is 0 Å². The van der Waals surface area contributed by atoms with Gasteiger partial charge in [0.05, 0.1) is 13.6 Å². The molecule has 0 radical (unpaired) electrons. The summed E-state index contributed by atoms with van der Waals surface area (Å²) in [5.41, 5.74) is 0. The Kier molecular flexibility index (Phi) is 1.58. The predicted molar refractivity (Wildman–Crippen MR) is 38.7 cm³/mol. The summed E-state index contributed by atoms with van der Waals surface area (Å²) in [6.45, 7) is 0.749. The van der Waals surface area contributed by atoms with Crippen molar-refractivity contribution in [2.75, 3.05) is 0 Å². The van der Waals surface area contributed by atoms with E-state index in [2.05, 4.69) is 20.7 Å². The van der Waals surface area contributed by atoms with Crippen LogP contribution in [0.4, 0.5) is 0 Å². The van der Waals surface area contributed by atoms with Gasteiger partial charge in [0.15, 0.2) is 5.82 Å². The highest BCUT2D eigenvalue weighted by atomic mass is 15.6. The first-order valence-electron chi connectivity index (χ1n) is 3.81. The molecule has 60 valence electrons. The van der Waals surface area contributed by atoms with Gasteiger partial charge in [-0.25, -0.2) is 0 Å². The minimum Gasteiger partial charge on any atom is -0.307 e. The van der Waals surface area contributed by atoms with Gasteiger partial charge in [0.2, 0.25) is 0 Å². The number of tetrazole rings is 1. The second-order valence-electron chi connectivity index (χ2n) is 2.85. The fourth-order valence-electron chi connectivity index (χ4n) is 0.917. The van der Waals surface area contributed by atoms with Gasteiger partial charge in [-0.15, -0.1) is 10.2 Å². The molecular formula is C6H11N5. The molecular weight excluding hydrogens is 142 g/mol. The van der Waals surface area contributed by atoms with Crippen molar-refractivity contribution in [2.45, 2.75) is 25.4 Å². The SMILES string of the molecule is Cn1nnc(CNC2CC2)n1. The monoisotopic (exact) mass is 153 g/mol. The van der Waals surface area contributed by atoms with E-state index in [1.165, 1.54) is 17.6 Å². The van der Waals surface area contributed by atoms with E-state index in [1.54, 1.807) is 7.05 Å². The number of aryl methyl sites for hydroxylation is 1. The quantitative estimate of drug-likeness (QED) is 0.633. The molecule has 11 heavy (non-hydrogen) atoms. The van der Waals surface area contributed by atoms with Crippen LogP contribution in [0.15, 0.2) is 0 Å².